The first-order valence-electron chi connectivity index (χ1n) is 11.5. The van der Waals surface area contributed by atoms with Crippen molar-refractivity contribution in [2.45, 2.75) is 32.6 Å². The molecule has 1 unspecified atom stereocenters. The van der Waals surface area contributed by atoms with Crippen molar-refractivity contribution in [1.29, 1.82) is 0 Å². The molecular weight excluding hydrogens is 404 g/mol. The van der Waals surface area contributed by atoms with Crippen molar-refractivity contribution in [3.05, 3.63) is 119 Å². The summed E-state index contributed by atoms with van der Waals surface area (Å²) in [5, 5.41) is 6.80. The number of hydrogen-bond donors (Lipinski definition) is 1. The third-order valence-corrected chi connectivity index (χ3v) is 6.92. The number of amides is 1. The van der Waals surface area contributed by atoms with E-state index in [-0.39, 0.29) is 17.2 Å². The standard InChI is InChI=1S/C30H28N2O/c1-20-11-15-24(16-12-20)30(25-17-13-21(2)14-18-25)19-28(30)29(33)32-31-22(3)26-10-6-8-23-7-4-5-9-27(23)26/h4-18,28H,19H2,1-3H3,(H,32,33)/b31-22-. The highest BCUT2D eigenvalue weighted by molar-refractivity contribution is 6.10. The molecule has 5 rings (SSSR count). The second-order valence-electron chi connectivity index (χ2n) is 9.16. The first-order valence-corrected chi connectivity index (χ1v) is 11.5. The Labute approximate surface area is 195 Å². The Balaban J connectivity index is 1.43. The van der Waals surface area contributed by atoms with Crippen LogP contribution in [-0.4, -0.2) is 11.6 Å². The minimum atomic E-state index is -0.297. The number of carbonyl (C=O) groups is 1. The Bertz CT molecular complexity index is 1300. The van der Waals surface area contributed by atoms with Gasteiger partial charge in [-0.3, -0.25) is 4.79 Å². The molecule has 0 saturated heterocycles. The van der Waals surface area contributed by atoms with Gasteiger partial charge in [0, 0.05) is 11.0 Å². The van der Waals surface area contributed by atoms with Crippen LogP contribution in [0.25, 0.3) is 10.8 Å². The van der Waals surface area contributed by atoms with E-state index in [1.807, 2.05) is 31.2 Å². The van der Waals surface area contributed by atoms with Gasteiger partial charge in [0.1, 0.15) is 0 Å². The molecule has 0 spiro atoms. The number of benzene rings is 4. The largest absolute Gasteiger partial charge is 0.273 e. The van der Waals surface area contributed by atoms with Gasteiger partial charge in [-0.1, -0.05) is 102 Å². The summed E-state index contributed by atoms with van der Waals surface area (Å²) in [5.74, 6) is -0.178. The minimum Gasteiger partial charge on any atom is -0.273 e. The lowest BCUT2D eigenvalue weighted by Gasteiger charge is -2.19. The van der Waals surface area contributed by atoms with E-state index >= 15 is 0 Å². The maximum Gasteiger partial charge on any atom is 0.244 e. The molecule has 1 atom stereocenters. The number of hydrazone groups is 1. The number of rotatable bonds is 5. The van der Waals surface area contributed by atoms with Crippen LogP contribution < -0.4 is 5.43 Å². The average molecular weight is 433 g/mol. The van der Waals surface area contributed by atoms with E-state index in [1.165, 1.54) is 22.3 Å². The molecule has 3 heteroatoms. The van der Waals surface area contributed by atoms with Gasteiger partial charge in [0.15, 0.2) is 0 Å². The van der Waals surface area contributed by atoms with Crippen LogP contribution in [0, 0.1) is 19.8 Å². The molecule has 0 aliphatic heterocycles. The van der Waals surface area contributed by atoms with Crippen molar-refractivity contribution in [3.63, 3.8) is 0 Å². The van der Waals surface area contributed by atoms with E-state index in [0.717, 1.165) is 28.5 Å². The number of nitrogens with one attached hydrogen (secondary N) is 1. The quantitative estimate of drug-likeness (QED) is 0.292. The van der Waals surface area contributed by atoms with Crippen molar-refractivity contribution in [3.8, 4) is 0 Å². The second kappa shape index (κ2) is 8.32. The van der Waals surface area contributed by atoms with Crippen LogP contribution in [0.2, 0.25) is 0 Å². The predicted octanol–water partition coefficient (Wildman–Crippen LogP) is 6.30. The zero-order valence-corrected chi connectivity index (χ0v) is 19.3. The molecule has 4 aromatic rings. The fourth-order valence-corrected chi connectivity index (χ4v) is 4.90. The van der Waals surface area contributed by atoms with Crippen molar-refractivity contribution < 1.29 is 4.79 Å². The van der Waals surface area contributed by atoms with Crippen molar-refractivity contribution in [2.24, 2.45) is 11.0 Å². The molecule has 4 aromatic carbocycles. The highest BCUT2D eigenvalue weighted by Crippen LogP contribution is 2.59. The van der Waals surface area contributed by atoms with Crippen LogP contribution in [0.15, 0.2) is 96.1 Å². The number of aryl methyl sites for hydroxylation is 2. The Morgan fingerprint density at radius 2 is 1.39 bits per heavy atom. The molecule has 0 radical (unpaired) electrons. The van der Waals surface area contributed by atoms with Crippen LogP contribution in [0.4, 0.5) is 0 Å². The summed E-state index contributed by atoms with van der Waals surface area (Å²) in [4.78, 5) is 13.3. The van der Waals surface area contributed by atoms with Crippen LogP contribution in [-0.2, 0) is 10.2 Å². The summed E-state index contributed by atoms with van der Waals surface area (Å²) in [6.07, 6.45) is 0.786. The Morgan fingerprint density at radius 3 is 2.03 bits per heavy atom. The molecule has 1 amide bonds. The van der Waals surface area contributed by atoms with Gasteiger partial charge in [-0.2, -0.15) is 5.10 Å². The second-order valence-corrected chi connectivity index (χ2v) is 9.16. The van der Waals surface area contributed by atoms with E-state index in [9.17, 15) is 4.79 Å². The SMILES string of the molecule is C/C(=N/NC(=O)C1CC1(c1ccc(C)cc1)c1ccc(C)cc1)c1cccc2ccccc12. The fraction of sp³-hybridized carbons (Fsp3) is 0.200. The number of carbonyl (C=O) groups excluding carboxylic acids is 1. The molecule has 164 valence electrons. The van der Waals surface area contributed by atoms with Crippen LogP contribution in [0.1, 0.15) is 41.2 Å². The van der Waals surface area contributed by atoms with Gasteiger partial charge in [0.25, 0.3) is 0 Å². The minimum absolute atomic E-state index is 0.0317. The summed E-state index contributed by atoms with van der Waals surface area (Å²) in [5.41, 5.74) is 9.22. The van der Waals surface area contributed by atoms with E-state index < -0.39 is 0 Å². The normalized spacial score (nSPS) is 17.1. The van der Waals surface area contributed by atoms with Crippen molar-refractivity contribution in [2.75, 3.05) is 0 Å². The van der Waals surface area contributed by atoms with Gasteiger partial charge in [0.2, 0.25) is 5.91 Å². The zero-order chi connectivity index (χ0) is 23.0. The summed E-state index contributed by atoms with van der Waals surface area (Å²) in [6, 6.07) is 31.5. The van der Waals surface area contributed by atoms with Crippen LogP contribution in [0.3, 0.4) is 0 Å². The zero-order valence-electron chi connectivity index (χ0n) is 19.3. The maximum atomic E-state index is 13.3. The third-order valence-electron chi connectivity index (χ3n) is 6.92. The summed E-state index contributed by atoms with van der Waals surface area (Å²) < 4.78 is 0. The molecule has 1 saturated carbocycles. The first kappa shape index (κ1) is 21.1. The molecule has 0 bridgehead atoms. The summed E-state index contributed by atoms with van der Waals surface area (Å²) in [7, 11) is 0. The number of fused-ring (bicyclic) bond motifs is 1. The topological polar surface area (TPSA) is 41.5 Å². The predicted molar refractivity (Wildman–Crippen MR) is 136 cm³/mol. The highest BCUT2D eigenvalue weighted by Gasteiger charge is 2.60. The van der Waals surface area contributed by atoms with Gasteiger partial charge < -0.3 is 0 Å². The maximum absolute atomic E-state index is 13.3. The van der Waals surface area contributed by atoms with E-state index in [4.69, 9.17) is 0 Å². The Morgan fingerprint density at radius 1 is 0.818 bits per heavy atom. The third kappa shape index (κ3) is 3.84. The smallest absolute Gasteiger partial charge is 0.244 e. The molecule has 1 aliphatic rings. The molecule has 1 fully saturated rings. The van der Waals surface area contributed by atoms with E-state index in [2.05, 4.69) is 91.1 Å². The van der Waals surface area contributed by atoms with Gasteiger partial charge in [0.05, 0.1) is 11.6 Å². The van der Waals surface area contributed by atoms with E-state index in [1.54, 1.807) is 0 Å². The highest BCUT2D eigenvalue weighted by atomic mass is 16.2. The molecule has 1 N–H and O–H groups in total. The lowest BCUT2D eigenvalue weighted by molar-refractivity contribution is -0.122. The Hall–Kier alpha value is -3.72. The molecule has 33 heavy (non-hydrogen) atoms. The van der Waals surface area contributed by atoms with Crippen molar-refractivity contribution >= 4 is 22.4 Å². The van der Waals surface area contributed by atoms with Gasteiger partial charge in [-0.25, -0.2) is 5.43 Å². The van der Waals surface area contributed by atoms with Crippen LogP contribution in [0.5, 0.6) is 0 Å². The Kier molecular flexibility index (Phi) is 5.33. The monoisotopic (exact) mass is 432 g/mol. The first-order chi connectivity index (χ1) is 16.0. The van der Waals surface area contributed by atoms with Gasteiger partial charge in [-0.15, -0.1) is 0 Å². The average Bonchev–Trinajstić information content (AvgIpc) is 3.60. The van der Waals surface area contributed by atoms with Gasteiger partial charge in [-0.05, 0) is 49.1 Å². The van der Waals surface area contributed by atoms with Crippen LogP contribution >= 0.6 is 0 Å². The fourth-order valence-electron chi connectivity index (χ4n) is 4.90. The molecule has 0 heterocycles. The molecule has 3 nitrogen and oxygen atoms in total. The van der Waals surface area contributed by atoms with Crippen molar-refractivity contribution in [1.82, 2.24) is 5.43 Å². The lowest BCUT2D eigenvalue weighted by atomic mass is 9.85. The lowest BCUT2D eigenvalue weighted by Crippen LogP contribution is -2.26. The molecule has 1 aliphatic carbocycles. The van der Waals surface area contributed by atoms with E-state index in [0.29, 0.717) is 0 Å². The summed E-state index contributed by atoms with van der Waals surface area (Å²) in [6.45, 7) is 6.12. The molecule has 0 aromatic heterocycles. The molecular formula is C30H28N2O. The number of nitrogens with zero attached hydrogens (tertiary/aromatic N) is 1. The van der Waals surface area contributed by atoms with Gasteiger partial charge >= 0.3 is 0 Å². The summed E-state index contributed by atoms with van der Waals surface area (Å²) >= 11 is 0. The number of hydrogen-bond acceptors (Lipinski definition) is 2.